The van der Waals surface area contributed by atoms with Gasteiger partial charge in [0.05, 0.1) is 0 Å². The Bertz CT molecular complexity index is 635. The van der Waals surface area contributed by atoms with E-state index in [2.05, 4.69) is 53.7 Å². The summed E-state index contributed by atoms with van der Waals surface area (Å²) < 4.78 is 2.57. The van der Waals surface area contributed by atoms with Gasteiger partial charge < -0.3 is 0 Å². The molecule has 0 bridgehead atoms. The zero-order chi connectivity index (χ0) is 12.8. The van der Waals surface area contributed by atoms with Crippen molar-refractivity contribution in [2.75, 3.05) is 0 Å². The first-order valence-corrected chi connectivity index (χ1v) is 7.68. The summed E-state index contributed by atoms with van der Waals surface area (Å²) >= 11 is 1.95. The van der Waals surface area contributed by atoms with Gasteiger partial charge in [0.25, 0.3) is 0 Å². The van der Waals surface area contributed by atoms with E-state index in [-0.39, 0.29) is 0 Å². The van der Waals surface area contributed by atoms with E-state index in [1.54, 1.807) is 5.56 Å². The molecule has 0 radical (unpaired) electrons. The topological polar surface area (TPSA) is 3.24 Å². The van der Waals surface area contributed by atoms with Crippen LogP contribution in [0.2, 0.25) is 0 Å². The fourth-order valence-corrected chi connectivity index (χ4v) is 4.32. The first-order chi connectivity index (χ1) is 9.29. The van der Waals surface area contributed by atoms with Gasteiger partial charge in [0.1, 0.15) is 0 Å². The lowest BCUT2D eigenvalue weighted by Gasteiger charge is -2.39. The summed E-state index contributed by atoms with van der Waals surface area (Å²) in [6.45, 7) is 3.27. The standard InChI is InChI=1S/C17H17NS/c1-12-6-7-17-15(8-12)10-16-9-13-4-2-3-5-14(13)11-18(16)19-17/h2-8,16H,9-11H2,1H3. The van der Waals surface area contributed by atoms with Gasteiger partial charge in [-0.25, -0.2) is 4.31 Å². The maximum atomic E-state index is 2.57. The molecule has 2 aliphatic heterocycles. The highest BCUT2D eigenvalue weighted by Crippen LogP contribution is 2.40. The lowest BCUT2D eigenvalue weighted by molar-refractivity contribution is 0.310. The molecule has 0 spiro atoms. The number of hydrogen-bond donors (Lipinski definition) is 0. The van der Waals surface area contributed by atoms with Gasteiger partial charge in [-0.2, -0.15) is 0 Å². The maximum Gasteiger partial charge on any atom is 0.0350 e. The molecule has 2 aromatic rings. The highest BCUT2D eigenvalue weighted by Gasteiger charge is 2.31. The van der Waals surface area contributed by atoms with E-state index in [0.717, 1.165) is 6.54 Å². The molecule has 0 saturated heterocycles. The monoisotopic (exact) mass is 267 g/mol. The molecule has 1 nitrogen and oxygen atoms in total. The van der Waals surface area contributed by atoms with Gasteiger partial charge in [0.2, 0.25) is 0 Å². The highest BCUT2D eigenvalue weighted by atomic mass is 32.2. The molecule has 2 heterocycles. The highest BCUT2D eigenvalue weighted by molar-refractivity contribution is 7.97. The molecule has 2 aromatic carbocycles. The van der Waals surface area contributed by atoms with E-state index < -0.39 is 0 Å². The minimum Gasteiger partial charge on any atom is -0.238 e. The third kappa shape index (κ3) is 1.99. The average molecular weight is 267 g/mol. The number of fused-ring (bicyclic) bond motifs is 3. The average Bonchev–Trinajstić information content (AvgIpc) is 2.43. The Morgan fingerprint density at radius 2 is 1.79 bits per heavy atom. The normalized spacial score (nSPS) is 21.4. The molecule has 2 heteroatoms. The molecule has 1 atom stereocenters. The molecular formula is C17H17NS. The molecule has 0 amide bonds. The van der Waals surface area contributed by atoms with Gasteiger partial charge in [-0.05, 0) is 54.5 Å². The van der Waals surface area contributed by atoms with Crippen molar-refractivity contribution < 1.29 is 0 Å². The first kappa shape index (κ1) is 11.6. The van der Waals surface area contributed by atoms with Crippen LogP contribution >= 0.6 is 11.9 Å². The van der Waals surface area contributed by atoms with Crippen LogP contribution in [0.25, 0.3) is 0 Å². The summed E-state index contributed by atoms with van der Waals surface area (Å²) in [5.41, 5.74) is 5.96. The third-order valence-corrected chi connectivity index (χ3v) is 5.45. The second kappa shape index (κ2) is 4.39. The summed E-state index contributed by atoms with van der Waals surface area (Å²) in [5.74, 6) is 0. The van der Waals surface area contributed by atoms with Crippen LogP contribution in [0.3, 0.4) is 0 Å². The largest absolute Gasteiger partial charge is 0.238 e. The molecule has 1 unspecified atom stereocenters. The van der Waals surface area contributed by atoms with Crippen molar-refractivity contribution in [1.82, 2.24) is 4.31 Å². The predicted molar refractivity (Wildman–Crippen MR) is 80.2 cm³/mol. The minimum absolute atomic E-state index is 0.661. The fourth-order valence-electron chi connectivity index (χ4n) is 3.18. The van der Waals surface area contributed by atoms with Crippen LogP contribution in [0.1, 0.15) is 22.3 Å². The van der Waals surface area contributed by atoms with Gasteiger partial charge in [0, 0.05) is 17.5 Å². The second-order valence-corrected chi connectivity index (χ2v) is 6.70. The summed E-state index contributed by atoms with van der Waals surface area (Å²) in [4.78, 5) is 1.45. The SMILES string of the molecule is Cc1ccc2c(c1)CC1Cc3ccccc3CN1S2. The van der Waals surface area contributed by atoms with Gasteiger partial charge in [-0.3, -0.25) is 0 Å². The fraction of sp³-hybridized carbons (Fsp3) is 0.294. The van der Waals surface area contributed by atoms with E-state index in [9.17, 15) is 0 Å². The third-order valence-electron chi connectivity index (χ3n) is 4.19. The van der Waals surface area contributed by atoms with Gasteiger partial charge >= 0.3 is 0 Å². The number of benzene rings is 2. The van der Waals surface area contributed by atoms with Crippen molar-refractivity contribution in [2.24, 2.45) is 0 Å². The Morgan fingerprint density at radius 3 is 2.68 bits per heavy atom. The summed E-state index contributed by atoms with van der Waals surface area (Å²) in [6, 6.07) is 16.4. The van der Waals surface area contributed by atoms with E-state index in [1.807, 2.05) is 11.9 Å². The molecule has 0 fully saturated rings. The van der Waals surface area contributed by atoms with Crippen LogP contribution in [-0.2, 0) is 19.4 Å². The molecule has 4 rings (SSSR count). The Morgan fingerprint density at radius 1 is 1.00 bits per heavy atom. The van der Waals surface area contributed by atoms with Gasteiger partial charge in [-0.15, -0.1) is 0 Å². The van der Waals surface area contributed by atoms with Crippen molar-refractivity contribution in [3.8, 4) is 0 Å². The maximum absolute atomic E-state index is 2.57. The van der Waals surface area contributed by atoms with Crippen LogP contribution in [0.4, 0.5) is 0 Å². The minimum atomic E-state index is 0.661. The number of rotatable bonds is 0. The molecule has 0 N–H and O–H groups in total. The van der Waals surface area contributed by atoms with E-state index in [0.29, 0.717) is 6.04 Å². The van der Waals surface area contributed by atoms with Gasteiger partial charge in [0.15, 0.2) is 0 Å². The van der Waals surface area contributed by atoms with Crippen LogP contribution in [0, 0.1) is 6.92 Å². The number of hydrogen-bond acceptors (Lipinski definition) is 2. The van der Waals surface area contributed by atoms with Crippen LogP contribution in [-0.4, -0.2) is 10.3 Å². The second-order valence-electron chi connectivity index (χ2n) is 5.61. The molecule has 2 aliphatic rings. The van der Waals surface area contributed by atoms with Crippen molar-refractivity contribution in [3.63, 3.8) is 0 Å². The molecule has 0 aliphatic carbocycles. The lowest BCUT2D eigenvalue weighted by Crippen LogP contribution is -2.39. The number of aryl methyl sites for hydroxylation is 1. The zero-order valence-corrected chi connectivity index (χ0v) is 11.9. The Hall–Kier alpha value is -1.25. The van der Waals surface area contributed by atoms with Crippen molar-refractivity contribution >= 4 is 11.9 Å². The summed E-state index contributed by atoms with van der Waals surface area (Å²) in [6.07, 6.45) is 2.38. The molecule has 0 aromatic heterocycles. The predicted octanol–water partition coefficient (Wildman–Crippen LogP) is 3.99. The molecular weight excluding hydrogens is 250 g/mol. The summed E-state index contributed by atoms with van der Waals surface area (Å²) in [7, 11) is 0. The van der Waals surface area contributed by atoms with E-state index in [1.165, 1.54) is 34.4 Å². The van der Waals surface area contributed by atoms with Crippen LogP contribution in [0.5, 0.6) is 0 Å². The number of nitrogens with zero attached hydrogens (tertiary/aromatic N) is 1. The van der Waals surface area contributed by atoms with E-state index in [4.69, 9.17) is 0 Å². The van der Waals surface area contributed by atoms with Crippen molar-refractivity contribution in [1.29, 1.82) is 0 Å². The van der Waals surface area contributed by atoms with Gasteiger partial charge in [-0.1, -0.05) is 42.0 Å². The summed E-state index contributed by atoms with van der Waals surface area (Å²) in [5, 5.41) is 0. The lowest BCUT2D eigenvalue weighted by atomic mass is 9.91. The smallest absolute Gasteiger partial charge is 0.0350 e. The Balaban J connectivity index is 1.69. The van der Waals surface area contributed by atoms with Crippen molar-refractivity contribution in [3.05, 3.63) is 64.7 Å². The molecule has 96 valence electrons. The Kier molecular flexibility index (Phi) is 2.68. The first-order valence-electron chi connectivity index (χ1n) is 6.90. The van der Waals surface area contributed by atoms with Crippen molar-refractivity contribution in [2.45, 2.75) is 37.2 Å². The Labute approximate surface area is 118 Å². The quantitative estimate of drug-likeness (QED) is 0.664. The van der Waals surface area contributed by atoms with E-state index >= 15 is 0 Å². The van der Waals surface area contributed by atoms with Crippen LogP contribution in [0.15, 0.2) is 47.4 Å². The zero-order valence-electron chi connectivity index (χ0n) is 11.1. The molecule has 0 saturated carbocycles. The van der Waals surface area contributed by atoms with Crippen LogP contribution < -0.4 is 0 Å². The molecule has 19 heavy (non-hydrogen) atoms.